The quantitative estimate of drug-likeness (QED) is 0.337. The zero-order valence-electron chi connectivity index (χ0n) is 20.6. The Morgan fingerprint density at radius 3 is 1.94 bits per heavy atom. The lowest BCUT2D eigenvalue weighted by Gasteiger charge is -2.26. The highest BCUT2D eigenvalue weighted by molar-refractivity contribution is 6.02. The molecule has 0 radical (unpaired) electrons. The first-order chi connectivity index (χ1) is 16.3. The predicted molar refractivity (Wildman–Crippen MR) is 128 cm³/mol. The van der Waals surface area contributed by atoms with Crippen LogP contribution in [0.1, 0.15) is 70.2 Å². The molecule has 2 aromatic carbocycles. The smallest absolute Gasteiger partial charge is 0.340 e. The zero-order chi connectivity index (χ0) is 26.5. The van der Waals surface area contributed by atoms with Gasteiger partial charge in [0.25, 0.3) is 0 Å². The minimum Gasteiger partial charge on any atom is -0.478 e. The van der Waals surface area contributed by atoms with E-state index in [1.165, 1.54) is 45.0 Å². The number of aromatic carboxylic acids is 1. The Kier molecular flexibility index (Phi) is 8.43. The molecule has 2 aromatic rings. The molecule has 1 unspecified atom stereocenters. The van der Waals surface area contributed by atoms with Crippen LogP contribution >= 0.6 is 0 Å². The lowest BCUT2D eigenvalue weighted by Crippen LogP contribution is -2.31. The van der Waals surface area contributed by atoms with Crippen molar-refractivity contribution in [1.29, 1.82) is 0 Å². The average molecular weight is 481 g/mol. The number of carbonyl (C=O) groups excluding carboxylic acids is 3. The third-order valence-electron chi connectivity index (χ3n) is 5.66. The van der Waals surface area contributed by atoms with Crippen LogP contribution < -0.4 is 9.47 Å². The molecule has 0 aliphatic rings. The maximum Gasteiger partial charge on any atom is 0.340 e. The molecule has 0 fully saturated rings. The molecule has 2 rings (SSSR count). The minimum absolute atomic E-state index is 0.113. The molecule has 8 heteroatoms. The van der Waals surface area contributed by atoms with E-state index in [2.05, 4.69) is 5.92 Å². The maximum atomic E-state index is 12.8. The molecule has 8 nitrogen and oxygen atoms in total. The minimum atomic E-state index is -1.41. The molecule has 0 bridgehead atoms. The van der Waals surface area contributed by atoms with E-state index in [0.29, 0.717) is 33.8 Å². The second-order valence-electron chi connectivity index (χ2n) is 8.31. The van der Waals surface area contributed by atoms with Crippen LogP contribution in [0.5, 0.6) is 11.5 Å². The highest BCUT2D eigenvalue weighted by Gasteiger charge is 2.31. The van der Waals surface area contributed by atoms with Crippen LogP contribution in [0.2, 0.25) is 0 Å². The van der Waals surface area contributed by atoms with Gasteiger partial charge in [-0.1, -0.05) is 18.1 Å². The van der Waals surface area contributed by atoms with Gasteiger partial charge in [-0.15, -0.1) is 6.42 Å². The molecule has 0 amide bonds. The summed E-state index contributed by atoms with van der Waals surface area (Å²) >= 11 is 0. The summed E-state index contributed by atoms with van der Waals surface area (Å²) < 4.78 is 16.5. The average Bonchev–Trinajstić information content (AvgIpc) is 2.79. The Morgan fingerprint density at radius 1 is 0.914 bits per heavy atom. The normalized spacial score (nSPS) is 12.1. The molecule has 0 aromatic heterocycles. The van der Waals surface area contributed by atoms with Crippen molar-refractivity contribution in [3.05, 3.63) is 57.6 Å². The first-order valence-corrected chi connectivity index (χ1v) is 10.8. The van der Waals surface area contributed by atoms with Crippen LogP contribution in [0, 0.1) is 33.1 Å². The van der Waals surface area contributed by atoms with E-state index in [4.69, 9.17) is 20.6 Å². The number of ether oxygens (including phenoxy) is 3. The van der Waals surface area contributed by atoms with Crippen LogP contribution in [0.25, 0.3) is 0 Å². The van der Waals surface area contributed by atoms with E-state index in [-0.39, 0.29) is 24.0 Å². The zero-order valence-corrected chi connectivity index (χ0v) is 20.6. The number of terminal acetylenes is 1. The van der Waals surface area contributed by atoms with Crippen LogP contribution in [-0.2, 0) is 20.7 Å². The van der Waals surface area contributed by atoms with Crippen molar-refractivity contribution in [2.75, 3.05) is 0 Å². The van der Waals surface area contributed by atoms with Crippen molar-refractivity contribution in [1.82, 2.24) is 0 Å². The molecule has 0 heterocycles. The second kappa shape index (κ2) is 10.9. The van der Waals surface area contributed by atoms with E-state index in [1.807, 2.05) is 0 Å². The van der Waals surface area contributed by atoms with Crippen molar-refractivity contribution in [2.45, 2.75) is 60.0 Å². The molecule has 1 N–H and O–H groups in total. The van der Waals surface area contributed by atoms with Crippen molar-refractivity contribution in [2.24, 2.45) is 0 Å². The Labute approximate surface area is 204 Å². The number of carboxylic acids is 1. The van der Waals surface area contributed by atoms with Gasteiger partial charge in [-0.25, -0.2) is 9.59 Å². The van der Waals surface area contributed by atoms with Crippen LogP contribution in [-0.4, -0.2) is 34.6 Å². The number of rotatable bonds is 8. The molecular formula is C27H28O8. The summed E-state index contributed by atoms with van der Waals surface area (Å²) in [6.45, 7) is 9.33. The van der Waals surface area contributed by atoms with Gasteiger partial charge in [0.1, 0.15) is 11.5 Å². The Hall–Kier alpha value is -4.12. The van der Waals surface area contributed by atoms with Gasteiger partial charge in [0, 0.05) is 25.8 Å². The van der Waals surface area contributed by atoms with Crippen LogP contribution in [0.15, 0.2) is 24.3 Å². The monoisotopic (exact) mass is 480 g/mol. The molecule has 0 saturated carbocycles. The summed E-state index contributed by atoms with van der Waals surface area (Å²) in [5.41, 5.74) is 0.681. The maximum absolute atomic E-state index is 12.8. The van der Waals surface area contributed by atoms with Crippen LogP contribution in [0.3, 0.4) is 0 Å². The first-order valence-electron chi connectivity index (χ1n) is 10.8. The SMILES string of the molecule is C#CC(C)(CCc1c(C)c(OC(C)=O)c(C)c(C)c1OC(C)=O)OC(=O)c1ccccc1C(=O)O. The first kappa shape index (κ1) is 27.1. The molecule has 0 aliphatic carbocycles. The van der Waals surface area contributed by atoms with E-state index < -0.39 is 29.5 Å². The molecule has 35 heavy (non-hydrogen) atoms. The number of benzene rings is 2. The highest BCUT2D eigenvalue weighted by atomic mass is 16.6. The predicted octanol–water partition coefficient (Wildman–Crippen LogP) is 4.34. The fourth-order valence-electron chi connectivity index (χ4n) is 3.66. The third kappa shape index (κ3) is 6.27. The van der Waals surface area contributed by atoms with E-state index >= 15 is 0 Å². The summed E-state index contributed by atoms with van der Waals surface area (Å²) in [5, 5.41) is 9.37. The topological polar surface area (TPSA) is 116 Å². The number of esters is 3. The van der Waals surface area contributed by atoms with Crippen LogP contribution in [0.4, 0.5) is 0 Å². The molecule has 184 valence electrons. The van der Waals surface area contributed by atoms with Gasteiger partial charge in [-0.3, -0.25) is 9.59 Å². The molecule has 0 saturated heterocycles. The van der Waals surface area contributed by atoms with Gasteiger partial charge in [-0.2, -0.15) is 0 Å². The fourth-order valence-corrected chi connectivity index (χ4v) is 3.66. The molecule has 0 spiro atoms. The van der Waals surface area contributed by atoms with E-state index in [9.17, 15) is 24.3 Å². The van der Waals surface area contributed by atoms with Crippen molar-refractivity contribution < 1.29 is 38.5 Å². The van der Waals surface area contributed by atoms with Gasteiger partial charge in [0.15, 0.2) is 5.60 Å². The Morgan fingerprint density at radius 2 is 1.43 bits per heavy atom. The van der Waals surface area contributed by atoms with Gasteiger partial charge in [-0.05, 0) is 62.9 Å². The summed E-state index contributed by atoms with van der Waals surface area (Å²) in [6.07, 6.45) is 6.02. The summed E-state index contributed by atoms with van der Waals surface area (Å²) in [5.74, 6) is -0.0164. The lowest BCUT2D eigenvalue weighted by molar-refractivity contribution is -0.133. The summed E-state index contributed by atoms with van der Waals surface area (Å²) in [4.78, 5) is 47.7. The van der Waals surface area contributed by atoms with E-state index in [0.717, 1.165) is 0 Å². The fraction of sp³-hybridized carbons (Fsp3) is 0.333. The second-order valence-corrected chi connectivity index (χ2v) is 8.31. The van der Waals surface area contributed by atoms with Crippen molar-refractivity contribution >= 4 is 23.9 Å². The Balaban J connectivity index is 2.44. The van der Waals surface area contributed by atoms with Gasteiger partial charge in [0.05, 0.1) is 11.1 Å². The standard InChI is InChI=1S/C27H28O8/c1-8-27(7,35-26(32)22-12-10-9-11-21(22)25(30)31)14-13-20-17(4)23(33-18(5)28)15(2)16(3)24(20)34-19(6)29/h1,9-12H,13-14H2,2-7H3,(H,30,31). The lowest BCUT2D eigenvalue weighted by atomic mass is 9.90. The van der Waals surface area contributed by atoms with Gasteiger partial charge >= 0.3 is 23.9 Å². The number of carboxylic acid groups (broad SMARTS) is 1. The van der Waals surface area contributed by atoms with Gasteiger partial charge in [0.2, 0.25) is 0 Å². The molecule has 1 atom stereocenters. The van der Waals surface area contributed by atoms with E-state index in [1.54, 1.807) is 20.8 Å². The van der Waals surface area contributed by atoms with Crippen molar-refractivity contribution in [3.8, 4) is 23.8 Å². The number of carbonyl (C=O) groups is 4. The third-order valence-corrected chi connectivity index (χ3v) is 5.66. The number of hydrogen-bond acceptors (Lipinski definition) is 7. The highest BCUT2D eigenvalue weighted by Crippen LogP contribution is 2.39. The Bertz CT molecular complexity index is 1230. The van der Waals surface area contributed by atoms with Gasteiger partial charge < -0.3 is 19.3 Å². The largest absolute Gasteiger partial charge is 0.478 e. The summed E-state index contributed by atoms with van der Waals surface area (Å²) in [7, 11) is 0. The molecule has 0 aliphatic heterocycles. The number of hydrogen-bond donors (Lipinski definition) is 1. The van der Waals surface area contributed by atoms with Crippen molar-refractivity contribution in [3.63, 3.8) is 0 Å². The molecular weight excluding hydrogens is 452 g/mol. The summed E-state index contributed by atoms with van der Waals surface area (Å²) in [6, 6.07) is 5.67.